The van der Waals surface area contributed by atoms with Crippen molar-refractivity contribution in [3.05, 3.63) is 83.9 Å². The summed E-state index contributed by atoms with van der Waals surface area (Å²) in [6.07, 6.45) is 1.69. The second-order valence-electron chi connectivity index (χ2n) is 8.61. The number of aromatic nitrogens is 1. The number of carbonyl (C=O) groups excluding carboxylic acids is 1. The van der Waals surface area contributed by atoms with E-state index in [0.717, 1.165) is 23.1 Å². The van der Waals surface area contributed by atoms with Gasteiger partial charge in [0, 0.05) is 19.2 Å². The Balaban J connectivity index is 1.68. The van der Waals surface area contributed by atoms with Crippen LogP contribution in [-0.4, -0.2) is 43.8 Å². The summed E-state index contributed by atoms with van der Waals surface area (Å²) < 4.78 is 33.8. The van der Waals surface area contributed by atoms with Gasteiger partial charge in [-0.2, -0.15) is 0 Å². The molecule has 0 N–H and O–H groups in total. The van der Waals surface area contributed by atoms with E-state index in [1.807, 2.05) is 62.4 Å². The number of unbranched alkanes of at least 4 members (excludes halogenated alkanes) is 1. The minimum atomic E-state index is -3.62. The molecule has 1 amide bonds. The number of amides is 1. The topological polar surface area (TPSA) is 79.8 Å². The third-order valence-electron chi connectivity index (χ3n) is 5.97. The van der Waals surface area contributed by atoms with Crippen LogP contribution in [0.5, 0.6) is 5.75 Å². The molecule has 0 fully saturated rings. The Kier molecular flexibility index (Phi) is 8.58. The van der Waals surface area contributed by atoms with Gasteiger partial charge in [-0.15, -0.1) is 0 Å². The SMILES string of the molecule is CCCCN(C)S(=O)(=O)c1ccc(C(=O)N(Cc2ccccc2)c2nc3c(OCC)cccc3s2)cc1. The lowest BCUT2D eigenvalue weighted by Crippen LogP contribution is -2.30. The molecule has 3 aromatic carbocycles. The van der Waals surface area contributed by atoms with Crippen molar-refractivity contribution in [1.82, 2.24) is 9.29 Å². The number of carbonyl (C=O) groups is 1. The third kappa shape index (κ3) is 6.01. The lowest BCUT2D eigenvalue weighted by Gasteiger charge is -2.21. The maximum atomic E-state index is 13.8. The minimum Gasteiger partial charge on any atom is -0.492 e. The second kappa shape index (κ2) is 11.9. The van der Waals surface area contributed by atoms with Crippen LogP contribution < -0.4 is 9.64 Å². The molecule has 1 heterocycles. The predicted molar refractivity (Wildman–Crippen MR) is 149 cm³/mol. The summed E-state index contributed by atoms with van der Waals surface area (Å²) >= 11 is 1.42. The van der Waals surface area contributed by atoms with Crippen LogP contribution in [0.4, 0.5) is 5.13 Å². The van der Waals surface area contributed by atoms with Crippen LogP contribution in [-0.2, 0) is 16.6 Å². The molecule has 4 rings (SSSR count). The Hall–Kier alpha value is -3.27. The second-order valence-corrected chi connectivity index (χ2v) is 11.7. The molecule has 0 radical (unpaired) electrons. The Morgan fingerprint density at radius 2 is 1.70 bits per heavy atom. The summed E-state index contributed by atoms with van der Waals surface area (Å²) in [5.74, 6) is 0.417. The van der Waals surface area contributed by atoms with Crippen LogP contribution in [0.3, 0.4) is 0 Å². The highest BCUT2D eigenvalue weighted by Crippen LogP contribution is 2.35. The number of anilines is 1. The Morgan fingerprint density at radius 1 is 0.973 bits per heavy atom. The first kappa shape index (κ1) is 26.8. The van der Waals surface area contributed by atoms with Crippen molar-refractivity contribution in [2.75, 3.05) is 25.1 Å². The molecule has 9 heteroatoms. The van der Waals surface area contributed by atoms with Crippen molar-refractivity contribution in [3.8, 4) is 5.75 Å². The molecule has 0 spiro atoms. The van der Waals surface area contributed by atoms with Gasteiger partial charge in [0.2, 0.25) is 10.0 Å². The zero-order valence-electron chi connectivity index (χ0n) is 21.3. The first-order valence-electron chi connectivity index (χ1n) is 12.3. The summed E-state index contributed by atoms with van der Waals surface area (Å²) in [6.45, 7) is 5.23. The highest BCUT2D eigenvalue weighted by Gasteiger charge is 2.25. The molecular formula is C28H31N3O4S2. The van der Waals surface area contributed by atoms with E-state index in [1.54, 1.807) is 24.1 Å². The van der Waals surface area contributed by atoms with Gasteiger partial charge < -0.3 is 4.74 Å². The van der Waals surface area contributed by atoms with Crippen molar-refractivity contribution in [3.63, 3.8) is 0 Å². The number of sulfonamides is 1. The molecule has 0 atom stereocenters. The molecule has 7 nitrogen and oxygen atoms in total. The highest BCUT2D eigenvalue weighted by atomic mass is 32.2. The zero-order chi connectivity index (χ0) is 26.4. The molecule has 0 saturated heterocycles. The standard InChI is InChI=1S/C28H31N3O4S2/c1-4-6-19-30(3)37(33,34)23-17-15-22(16-18-23)27(32)31(20-21-11-8-7-9-12-21)28-29-26-24(35-5-2)13-10-14-25(26)36-28/h7-18H,4-6,19-20H2,1-3H3. The maximum absolute atomic E-state index is 13.8. The van der Waals surface area contributed by atoms with Gasteiger partial charge in [-0.1, -0.05) is 61.1 Å². The monoisotopic (exact) mass is 537 g/mol. The van der Waals surface area contributed by atoms with Gasteiger partial charge in [0.05, 0.1) is 22.7 Å². The number of fused-ring (bicyclic) bond motifs is 1. The average Bonchev–Trinajstić information content (AvgIpc) is 3.36. The zero-order valence-corrected chi connectivity index (χ0v) is 22.9. The summed E-state index contributed by atoms with van der Waals surface area (Å²) in [5, 5.41) is 0.548. The minimum absolute atomic E-state index is 0.165. The van der Waals surface area contributed by atoms with Gasteiger partial charge in [-0.25, -0.2) is 17.7 Å². The number of rotatable bonds is 11. The van der Waals surface area contributed by atoms with Gasteiger partial charge in [0.25, 0.3) is 5.91 Å². The van der Waals surface area contributed by atoms with Crippen LogP contribution in [0.2, 0.25) is 0 Å². The molecule has 194 valence electrons. The fraction of sp³-hybridized carbons (Fsp3) is 0.286. The van der Waals surface area contributed by atoms with Crippen LogP contribution in [0.25, 0.3) is 10.2 Å². The number of thiazole rings is 1. The molecule has 0 aliphatic heterocycles. The van der Waals surface area contributed by atoms with Gasteiger partial charge in [0.1, 0.15) is 11.3 Å². The Morgan fingerprint density at radius 3 is 2.38 bits per heavy atom. The maximum Gasteiger partial charge on any atom is 0.260 e. The van der Waals surface area contributed by atoms with Crippen LogP contribution in [0.1, 0.15) is 42.6 Å². The molecule has 0 aliphatic rings. The average molecular weight is 538 g/mol. The predicted octanol–water partition coefficient (Wildman–Crippen LogP) is 5.96. The van der Waals surface area contributed by atoms with Crippen molar-refractivity contribution < 1.29 is 17.9 Å². The van der Waals surface area contributed by atoms with E-state index in [0.29, 0.717) is 41.7 Å². The van der Waals surface area contributed by atoms with Crippen LogP contribution in [0, 0.1) is 0 Å². The number of para-hydroxylation sites is 1. The Labute approximate surface area is 222 Å². The smallest absolute Gasteiger partial charge is 0.260 e. The van der Waals surface area contributed by atoms with Gasteiger partial charge in [-0.3, -0.25) is 9.69 Å². The molecular weight excluding hydrogens is 506 g/mol. The van der Waals surface area contributed by atoms with Gasteiger partial charge in [0.15, 0.2) is 5.13 Å². The first-order valence-corrected chi connectivity index (χ1v) is 14.5. The van der Waals surface area contributed by atoms with E-state index in [-0.39, 0.29) is 10.8 Å². The molecule has 37 heavy (non-hydrogen) atoms. The summed E-state index contributed by atoms with van der Waals surface area (Å²) in [5.41, 5.74) is 2.05. The summed E-state index contributed by atoms with van der Waals surface area (Å²) in [7, 11) is -2.04. The number of ether oxygens (including phenoxy) is 1. The number of benzene rings is 3. The van der Waals surface area contributed by atoms with Gasteiger partial charge in [-0.05, 0) is 55.3 Å². The summed E-state index contributed by atoms with van der Waals surface area (Å²) in [6, 6.07) is 21.6. The largest absolute Gasteiger partial charge is 0.492 e. The number of hydrogen-bond donors (Lipinski definition) is 0. The molecule has 0 bridgehead atoms. The fourth-order valence-corrected chi connectivity index (χ4v) is 6.09. The quantitative estimate of drug-likeness (QED) is 0.236. The van der Waals surface area contributed by atoms with Crippen molar-refractivity contribution >= 4 is 42.6 Å². The lowest BCUT2D eigenvalue weighted by atomic mass is 10.1. The van der Waals surface area contributed by atoms with Crippen molar-refractivity contribution in [1.29, 1.82) is 0 Å². The molecule has 0 saturated carbocycles. The Bertz CT molecular complexity index is 1450. The van der Waals surface area contributed by atoms with Crippen LogP contribution in [0.15, 0.2) is 77.7 Å². The van der Waals surface area contributed by atoms with Crippen molar-refractivity contribution in [2.45, 2.75) is 38.1 Å². The molecule has 1 aromatic heterocycles. The van der Waals surface area contributed by atoms with E-state index in [4.69, 9.17) is 9.72 Å². The lowest BCUT2D eigenvalue weighted by molar-refractivity contribution is 0.0985. The van der Waals surface area contributed by atoms with E-state index in [1.165, 1.54) is 27.8 Å². The highest BCUT2D eigenvalue weighted by molar-refractivity contribution is 7.89. The normalized spacial score (nSPS) is 11.7. The first-order chi connectivity index (χ1) is 17.8. The van der Waals surface area contributed by atoms with E-state index >= 15 is 0 Å². The van der Waals surface area contributed by atoms with E-state index in [9.17, 15) is 13.2 Å². The van der Waals surface area contributed by atoms with Crippen molar-refractivity contribution in [2.24, 2.45) is 0 Å². The molecule has 4 aromatic rings. The van der Waals surface area contributed by atoms with Gasteiger partial charge >= 0.3 is 0 Å². The van der Waals surface area contributed by atoms with Crippen LogP contribution >= 0.6 is 11.3 Å². The number of nitrogens with zero attached hydrogens (tertiary/aromatic N) is 3. The summed E-state index contributed by atoms with van der Waals surface area (Å²) in [4.78, 5) is 20.4. The molecule has 0 aliphatic carbocycles. The van der Waals surface area contributed by atoms with E-state index < -0.39 is 10.0 Å². The fourth-order valence-electron chi connectivity index (χ4n) is 3.90. The van der Waals surface area contributed by atoms with E-state index in [2.05, 4.69) is 0 Å². The number of hydrogen-bond acceptors (Lipinski definition) is 6. The third-order valence-corrected chi connectivity index (χ3v) is 8.88. The molecule has 0 unspecified atom stereocenters.